The minimum absolute atomic E-state index is 0.0921. The second-order valence-corrected chi connectivity index (χ2v) is 5.36. The number of nitrogens with zero attached hydrogens (tertiary/aromatic N) is 1. The molecule has 2 rings (SSSR count). The van der Waals surface area contributed by atoms with Gasteiger partial charge in [-0.3, -0.25) is 0 Å². The predicted octanol–water partition coefficient (Wildman–Crippen LogP) is 1.79. The highest BCUT2D eigenvalue weighted by atomic mass is 16.5. The summed E-state index contributed by atoms with van der Waals surface area (Å²) in [6, 6.07) is 7.49. The zero-order valence-corrected chi connectivity index (χ0v) is 11.5. The molecule has 0 atom stereocenters. The number of ether oxygens (including phenoxy) is 1. The monoisotopic (exact) mass is 263 g/mol. The first-order chi connectivity index (χ1) is 9.00. The molecule has 1 aromatic carbocycles. The van der Waals surface area contributed by atoms with Gasteiger partial charge in [-0.1, -0.05) is 12.1 Å². The molecule has 0 spiro atoms. The van der Waals surface area contributed by atoms with Gasteiger partial charge in [0, 0.05) is 18.8 Å². The SMILES string of the molecule is CC1(C)CN(C(=O)Nc2cccc(CN)c2)CCO1. The summed E-state index contributed by atoms with van der Waals surface area (Å²) >= 11 is 0. The van der Waals surface area contributed by atoms with Crippen molar-refractivity contribution in [2.45, 2.75) is 26.0 Å². The second kappa shape index (κ2) is 5.59. The Balaban J connectivity index is 2.00. The van der Waals surface area contributed by atoms with Crippen LogP contribution < -0.4 is 11.1 Å². The highest BCUT2D eigenvalue weighted by Crippen LogP contribution is 2.18. The van der Waals surface area contributed by atoms with Crippen LogP contribution in [0.5, 0.6) is 0 Å². The number of urea groups is 1. The first kappa shape index (κ1) is 13.8. The van der Waals surface area contributed by atoms with Crippen LogP contribution in [0.2, 0.25) is 0 Å². The van der Waals surface area contributed by atoms with Crippen LogP contribution in [-0.2, 0) is 11.3 Å². The lowest BCUT2D eigenvalue weighted by atomic mass is 10.1. The largest absolute Gasteiger partial charge is 0.372 e. The van der Waals surface area contributed by atoms with Crippen LogP contribution in [0.15, 0.2) is 24.3 Å². The zero-order valence-electron chi connectivity index (χ0n) is 11.5. The number of anilines is 1. The predicted molar refractivity (Wildman–Crippen MR) is 75.0 cm³/mol. The van der Waals surface area contributed by atoms with Gasteiger partial charge in [0.25, 0.3) is 0 Å². The van der Waals surface area contributed by atoms with Crippen molar-refractivity contribution in [3.05, 3.63) is 29.8 Å². The first-order valence-corrected chi connectivity index (χ1v) is 6.49. The lowest BCUT2D eigenvalue weighted by Crippen LogP contribution is -2.51. The lowest BCUT2D eigenvalue weighted by Gasteiger charge is -2.38. The third-order valence-electron chi connectivity index (χ3n) is 3.13. The van der Waals surface area contributed by atoms with Crippen LogP contribution in [0.1, 0.15) is 19.4 Å². The van der Waals surface area contributed by atoms with Crippen molar-refractivity contribution in [3.8, 4) is 0 Å². The van der Waals surface area contributed by atoms with Crippen LogP contribution in [-0.4, -0.2) is 36.2 Å². The third-order valence-corrected chi connectivity index (χ3v) is 3.13. The quantitative estimate of drug-likeness (QED) is 0.854. The topological polar surface area (TPSA) is 67.6 Å². The van der Waals surface area contributed by atoms with Crippen LogP contribution >= 0.6 is 0 Å². The summed E-state index contributed by atoms with van der Waals surface area (Å²) in [6.07, 6.45) is 0. The molecule has 0 saturated carbocycles. The van der Waals surface area contributed by atoms with Gasteiger partial charge in [0.2, 0.25) is 0 Å². The third kappa shape index (κ3) is 3.68. The number of nitrogens with two attached hydrogens (primary N) is 1. The highest BCUT2D eigenvalue weighted by molar-refractivity contribution is 5.89. The summed E-state index contributed by atoms with van der Waals surface area (Å²) in [7, 11) is 0. The summed E-state index contributed by atoms with van der Waals surface area (Å²) < 4.78 is 5.59. The van der Waals surface area contributed by atoms with Crippen molar-refractivity contribution in [1.82, 2.24) is 4.90 Å². The fourth-order valence-electron chi connectivity index (χ4n) is 2.17. The molecular formula is C14H21N3O2. The van der Waals surface area contributed by atoms with Crippen molar-refractivity contribution in [1.29, 1.82) is 0 Å². The van der Waals surface area contributed by atoms with Crippen LogP contribution in [0.4, 0.5) is 10.5 Å². The molecule has 1 aliphatic rings. The van der Waals surface area contributed by atoms with Gasteiger partial charge in [0.1, 0.15) is 0 Å². The van der Waals surface area contributed by atoms with E-state index in [-0.39, 0.29) is 11.6 Å². The van der Waals surface area contributed by atoms with Crippen LogP contribution in [0, 0.1) is 0 Å². The Morgan fingerprint density at radius 3 is 3.00 bits per heavy atom. The van der Waals surface area contributed by atoms with E-state index in [1.165, 1.54) is 0 Å². The normalized spacial score (nSPS) is 18.2. The van der Waals surface area contributed by atoms with E-state index in [0.717, 1.165) is 11.3 Å². The molecule has 1 fully saturated rings. The Labute approximate surface area is 113 Å². The van der Waals surface area contributed by atoms with E-state index in [1.54, 1.807) is 4.90 Å². The minimum atomic E-state index is -0.283. The Hall–Kier alpha value is -1.59. The number of carbonyl (C=O) groups excluding carboxylic acids is 1. The Morgan fingerprint density at radius 2 is 2.32 bits per heavy atom. The number of rotatable bonds is 2. The average molecular weight is 263 g/mol. The molecule has 104 valence electrons. The van der Waals surface area contributed by atoms with E-state index >= 15 is 0 Å². The lowest BCUT2D eigenvalue weighted by molar-refractivity contribution is -0.0720. The van der Waals surface area contributed by atoms with Gasteiger partial charge in [0.15, 0.2) is 0 Å². The van der Waals surface area contributed by atoms with Gasteiger partial charge in [0.05, 0.1) is 18.8 Å². The number of benzene rings is 1. The minimum Gasteiger partial charge on any atom is -0.372 e. The van der Waals surface area contributed by atoms with Gasteiger partial charge in [-0.15, -0.1) is 0 Å². The standard InChI is InChI=1S/C14H21N3O2/c1-14(2)10-17(6-7-19-14)13(18)16-12-5-3-4-11(8-12)9-15/h3-5,8H,6-7,9-10,15H2,1-2H3,(H,16,18). The van der Waals surface area contributed by atoms with Crippen molar-refractivity contribution in [2.24, 2.45) is 5.73 Å². The summed E-state index contributed by atoms with van der Waals surface area (Å²) in [6.45, 7) is 6.22. The molecule has 1 heterocycles. The molecule has 0 unspecified atom stereocenters. The second-order valence-electron chi connectivity index (χ2n) is 5.36. The molecule has 5 heteroatoms. The van der Waals surface area contributed by atoms with E-state index in [9.17, 15) is 4.79 Å². The average Bonchev–Trinajstić information content (AvgIpc) is 2.37. The molecule has 19 heavy (non-hydrogen) atoms. The molecule has 3 N–H and O–H groups in total. The molecular weight excluding hydrogens is 242 g/mol. The van der Waals surface area contributed by atoms with Crippen LogP contribution in [0.25, 0.3) is 0 Å². The van der Waals surface area contributed by atoms with Crippen molar-refractivity contribution < 1.29 is 9.53 Å². The van der Waals surface area contributed by atoms with Crippen molar-refractivity contribution in [3.63, 3.8) is 0 Å². The highest BCUT2D eigenvalue weighted by Gasteiger charge is 2.29. The smallest absolute Gasteiger partial charge is 0.322 e. The maximum atomic E-state index is 12.2. The molecule has 5 nitrogen and oxygen atoms in total. The van der Waals surface area contributed by atoms with E-state index in [2.05, 4.69) is 5.32 Å². The summed E-state index contributed by atoms with van der Waals surface area (Å²) in [4.78, 5) is 14.0. The van der Waals surface area contributed by atoms with Gasteiger partial charge in [-0.2, -0.15) is 0 Å². The van der Waals surface area contributed by atoms with E-state index in [1.807, 2.05) is 38.1 Å². The van der Waals surface area contributed by atoms with E-state index in [4.69, 9.17) is 10.5 Å². The molecule has 0 aliphatic carbocycles. The van der Waals surface area contributed by atoms with E-state index in [0.29, 0.717) is 26.2 Å². The molecule has 0 bridgehead atoms. The number of carbonyl (C=O) groups is 1. The van der Waals surface area contributed by atoms with Gasteiger partial charge < -0.3 is 20.7 Å². The Morgan fingerprint density at radius 1 is 1.53 bits per heavy atom. The summed E-state index contributed by atoms with van der Waals surface area (Å²) in [5.74, 6) is 0. The number of amides is 2. The maximum absolute atomic E-state index is 12.2. The summed E-state index contributed by atoms with van der Waals surface area (Å²) in [5, 5.41) is 2.90. The van der Waals surface area contributed by atoms with Crippen LogP contribution in [0.3, 0.4) is 0 Å². The molecule has 1 aliphatic heterocycles. The maximum Gasteiger partial charge on any atom is 0.322 e. The fourth-order valence-corrected chi connectivity index (χ4v) is 2.17. The first-order valence-electron chi connectivity index (χ1n) is 6.49. The molecule has 2 amide bonds. The fraction of sp³-hybridized carbons (Fsp3) is 0.500. The number of morpholine rings is 1. The number of hydrogen-bond donors (Lipinski definition) is 2. The van der Waals surface area contributed by atoms with Gasteiger partial charge in [-0.25, -0.2) is 4.79 Å². The summed E-state index contributed by atoms with van der Waals surface area (Å²) in [5.41, 5.74) is 7.08. The Bertz CT molecular complexity index is 460. The van der Waals surface area contributed by atoms with Gasteiger partial charge in [-0.05, 0) is 31.5 Å². The van der Waals surface area contributed by atoms with E-state index < -0.39 is 0 Å². The molecule has 1 saturated heterocycles. The number of nitrogens with one attached hydrogen (secondary N) is 1. The van der Waals surface area contributed by atoms with Crippen molar-refractivity contribution in [2.75, 3.05) is 25.0 Å². The number of hydrogen-bond acceptors (Lipinski definition) is 3. The Kier molecular flexibility index (Phi) is 4.07. The zero-order chi connectivity index (χ0) is 13.9. The van der Waals surface area contributed by atoms with Crippen molar-refractivity contribution >= 4 is 11.7 Å². The van der Waals surface area contributed by atoms with Gasteiger partial charge >= 0.3 is 6.03 Å². The molecule has 0 aromatic heterocycles. The molecule has 0 radical (unpaired) electrons. The molecule has 1 aromatic rings.